The van der Waals surface area contributed by atoms with Crippen molar-refractivity contribution in [3.63, 3.8) is 0 Å². The van der Waals surface area contributed by atoms with Crippen molar-refractivity contribution in [2.45, 2.75) is 45.1 Å². The summed E-state index contributed by atoms with van der Waals surface area (Å²) in [6.07, 6.45) is 2.00. The molecule has 0 heterocycles. The highest BCUT2D eigenvalue weighted by Crippen LogP contribution is 2.22. The molecule has 1 rings (SSSR count). The Balaban J connectivity index is 2.59. The van der Waals surface area contributed by atoms with Gasteiger partial charge in [-0.1, -0.05) is 44.2 Å². The molecule has 2 atom stereocenters. The van der Waals surface area contributed by atoms with Gasteiger partial charge in [0.1, 0.15) is 6.10 Å². The first-order valence-electron chi connectivity index (χ1n) is 6.29. The Morgan fingerprint density at radius 2 is 1.94 bits per heavy atom. The quantitative estimate of drug-likeness (QED) is 0.721. The van der Waals surface area contributed by atoms with Crippen molar-refractivity contribution in [3.05, 3.63) is 35.9 Å². The van der Waals surface area contributed by atoms with E-state index in [-0.39, 0.29) is 11.9 Å². The number of ether oxygens (including phenoxy) is 1. The Labute approximate surface area is 104 Å². The maximum absolute atomic E-state index is 11.8. The standard InChI is InChI=1S/C15H22O2/c1-4-8-14(16)15(17-3)11-12(2)13-9-6-5-7-10-13/h5-7,9-10,12,15H,4,8,11H2,1-3H3. The third kappa shape index (κ3) is 4.31. The number of rotatable bonds is 7. The van der Waals surface area contributed by atoms with Crippen LogP contribution in [-0.2, 0) is 9.53 Å². The summed E-state index contributed by atoms with van der Waals surface area (Å²) in [5, 5.41) is 0. The van der Waals surface area contributed by atoms with Gasteiger partial charge in [-0.2, -0.15) is 0 Å². The molecular weight excluding hydrogens is 212 g/mol. The zero-order valence-corrected chi connectivity index (χ0v) is 11.0. The Hall–Kier alpha value is -1.15. The van der Waals surface area contributed by atoms with Crippen LogP contribution in [0.25, 0.3) is 0 Å². The van der Waals surface area contributed by atoms with Crippen molar-refractivity contribution in [2.24, 2.45) is 0 Å². The third-order valence-electron chi connectivity index (χ3n) is 3.08. The molecule has 0 spiro atoms. The SMILES string of the molecule is CCCC(=O)C(CC(C)c1ccccc1)OC. The molecule has 0 aliphatic carbocycles. The molecule has 0 bridgehead atoms. The highest BCUT2D eigenvalue weighted by molar-refractivity contribution is 5.83. The molecule has 0 N–H and O–H groups in total. The highest BCUT2D eigenvalue weighted by Gasteiger charge is 2.20. The van der Waals surface area contributed by atoms with Crippen LogP contribution in [0.5, 0.6) is 0 Å². The predicted octanol–water partition coefficient (Wildman–Crippen LogP) is 3.56. The largest absolute Gasteiger partial charge is 0.374 e. The van der Waals surface area contributed by atoms with Gasteiger partial charge >= 0.3 is 0 Å². The number of carbonyl (C=O) groups is 1. The fraction of sp³-hybridized carbons (Fsp3) is 0.533. The molecule has 2 unspecified atom stereocenters. The van der Waals surface area contributed by atoms with Crippen LogP contribution in [0.15, 0.2) is 30.3 Å². The lowest BCUT2D eigenvalue weighted by atomic mass is 9.92. The average molecular weight is 234 g/mol. The van der Waals surface area contributed by atoms with E-state index in [2.05, 4.69) is 19.1 Å². The van der Waals surface area contributed by atoms with Crippen molar-refractivity contribution in [1.29, 1.82) is 0 Å². The Morgan fingerprint density at radius 3 is 2.47 bits per heavy atom. The summed E-state index contributed by atoms with van der Waals surface area (Å²) in [6.45, 7) is 4.16. The lowest BCUT2D eigenvalue weighted by Gasteiger charge is -2.19. The molecule has 0 aliphatic heterocycles. The number of Topliss-reactive ketones (excluding diaryl/α,β-unsaturated/α-hetero) is 1. The molecule has 0 amide bonds. The minimum Gasteiger partial charge on any atom is -0.374 e. The first-order valence-corrected chi connectivity index (χ1v) is 6.29. The predicted molar refractivity (Wildman–Crippen MR) is 70.2 cm³/mol. The van der Waals surface area contributed by atoms with Crippen molar-refractivity contribution >= 4 is 5.78 Å². The average Bonchev–Trinajstić information content (AvgIpc) is 2.37. The zero-order chi connectivity index (χ0) is 12.7. The van der Waals surface area contributed by atoms with Crippen LogP contribution in [0, 0.1) is 0 Å². The lowest BCUT2D eigenvalue weighted by Crippen LogP contribution is -2.24. The first kappa shape index (κ1) is 13.9. The fourth-order valence-corrected chi connectivity index (χ4v) is 2.01. The molecule has 17 heavy (non-hydrogen) atoms. The molecule has 0 saturated carbocycles. The van der Waals surface area contributed by atoms with E-state index in [1.807, 2.05) is 25.1 Å². The minimum absolute atomic E-state index is 0.220. The van der Waals surface area contributed by atoms with E-state index in [1.165, 1.54) is 5.56 Å². The van der Waals surface area contributed by atoms with E-state index in [0.717, 1.165) is 12.8 Å². The molecule has 0 fully saturated rings. The lowest BCUT2D eigenvalue weighted by molar-refractivity contribution is -0.129. The van der Waals surface area contributed by atoms with Crippen LogP contribution < -0.4 is 0 Å². The van der Waals surface area contributed by atoms with E-state index in [0.29, 0.717) is 12.3 Å². The zero-order valence-electron chi connectivity index (χ0n) is 11.0. The Morgan fingerprint density at radius 1 is 1.29 bits per heavy atom. The monoisotopic (exact) mass is 234 g/mol. The van der Waals surface area contributed by atoms with Crippen molar-refractivity contribution < 1.29 is 9.53 Å². The number of hydrogen-bond acceptors (Lipinski definition) is 2. The van der Waals surface area contributed by atoms with Crippen LogP contribution in [0.4, 0.5) is 0 Å². The summed E-state index contributed by atoms with van der Waals surface area (Å²) in [4.78, 5) is 11.8. The molecule has 0 radical (unpaired) electrons. The second-order valence-electron chi connectivity index (χ2n) is 4.49. The number of ketones is 1. The van der Waals surface area contributed by atoms with Gasteiger partial charge in [0, 0.05) is 13.5 Å². The molecule has 94 valence electrons. The normalized spacial score (nSPS) is 14.3. The van der Waals surface area contributed by atoms with E-state index >= 15 is 0 Å². The van der Waals surface area contributed by atoms with Crippen LogP contribution in [0.2, 0.25) is 0 Å². The minimum atomic E-state index is -0.259. The summed E-state index contributed by atoms with van der Waals surface area (Å²) < 4.78 is 5.31. The first-order chi connectivity index (χ1) is 8.19. The van der Waals surface area contributed by atoms with E-state index in [9.17, 15) is 4.79 Å². The van der Waals surface area contributed by atoms with Gasteiger partial charge in [-0.15, -0.1) is 0 Å². The van der Waals surface area contributed by atoms with Gasteiger partial charge in [0.15, 0.2) is 5.78 Å². The molecule has 1 aromatic rings. The van der Waals surface area contributed by atoms with E-state index < -0.39 is 0 Å². The second-order valence-corrected chi connectivity index (χ2v) is 4.49. The molecule has 0 aliphatic rings. The smallest absolute Gasteiger partial charge is 0.161 e. The Bertz CT molecular complexity index is 332. The van der Waals surface area contributed by atoms with Gasteiger partial charge in [0.2, 0.25) is 0 Å². The maximum atomic E-state index is 11.8. The number of hydrogen-bond donors (Lipinski definition) is 0. The molecular formula is C15H22O2. The van der Waals surface area contributed by atoms with Gasteiger partial charge in [0.25, 0.3) is 0 Å². The third-order valence-corrected chi connectivity index (χ3v) is 3.08. The number of benzene rings is 1. The van der Waals surface area contributed by atoms with Crippen LogP contribution >= 0.6 is 0 Å². The van der Waals surface area contributed by atoms with E-state index in [4.69, 9.17) is 4.74 Å². The highest BCUT2D eigenvalue weighted by atomic mass is 16.5. The van der Waals surface area contributed by atoms with Gasteiger partial charge in [0.05, 0.1) is 0 Å². The van der Waals surface area contributed by atoms with Gasteiger partial charge in [-0.3, -0.25) is 4.79 Å². The molecule has 0 saturated heterocycles. The molecule has 2 nitrogen and oxygen atoms in total. The van der Waals surface area contributed by atoms with Gasteiger partial charge in [-0.25, -0.2) is 0 Å². The Kier molecular flexibility index (Phi) is 5.92. The second kappa shape index (κ2) is 7.23. The number of methoxy groups -OCH3 is 1. The van der Waals surface area contributed by atoms with Gasteiger partial charge < -0.3 is 4.74 Å². The molecule has 1 aromatic carbocycles. The van der Waals surface area contributed by atoms with Crippen LogP contribution in [0.1, 0.15) is 44.6 Å². The molecule has 0 aromatic heterocycles. The maximum Gasteiger partial charge on any atom is 0.161 e. The summed E-state index contributed by atoms with van der Waals surface area (Å²) in [6, 6.07) is 10.3. The summed E-state index contributed by atoms with van der Waals surface area (Å²) in [5.41, 5.74) is 1.26. The fourth-order valence-electron chi connectivity index (χ4n) is 2.01. The van der Waals surface area contributed by atoms with Gasteiger partial charge in [-0.05, 0) is 24.3 Å². The van der Waals surface area contributed by atoms with Crippen molar-refractivity contribution in [3.8, 4) is 0 Å². The summed E-state index contributed by atoms with van der Waals surface area (Å²) in [5.74, 6) is 0.569. The summed E-state index contributed by atoms with van der Waals surface area (Å²) >= 11 is 0. The van der Waals surface area contributed by atoms with Crippen molar-refractivity contribution in [1.82, 2.24) is 0 Å². The number of carbonyl (C=O) groups excluding carboxylic acids is 1. The van der Waals surface area contributed by atoms with Crippen molar-refractivity contribution in [2.75, 3.05) is 7.11 Å². The summed E-state index contributed by atoms with van der Waals surface area (Å²) in [7, 11) is 1.62. The molecule has 2 heteroatoms. The topological polar surface area (TPSA) is 26.3 Å². The van der Waals surface area contributed by atoms with Crippen LogP contribution in [0.3, 0.4) is 0 Å². The van der Waals surface area contributed by atoms with E-state index in [1.54, 1.807) is 7.11 Å². The van der Waals surface area contributed by atoms with Crippen LogP contribution in [-0.4, -0.2) is 19.0 Å².